The monoisotopic (exact) mass is 303 g/mol. The first-order valence-corrected chi connectivity index (χ1v) is 7.34. The predicted octanol–water partition coefficient (Wildman–Crippen LogP) is 3.07. The highest BCUT2D eigenvalue weighted by Gasteiger charge is 2.33. The third-order valence-corrected chi connectivity index (χ3v) is 3.80. The highest BCUT2D eigenvalue weighted by atomic mass is 19.1. The van der Waals surface area contributed by atoms with Crippen LogP contribution in [0.3, 0.4) is 0 Å². The minimum Gasteiger partial charge on any atom is -0.347 e. The maximum absolute atomic E-state index is 14.1. The molecule has 118 valence electrons. The van der Waals surface area contributed by atoms with E-state index in [-0.39, 0.29) is 11.7 Å². The lowest BCUT2D eigenvalue weighted by atomic mass is 10.0. The second-order valence-electron chi connectivity index (χ2n) is 6.04. The third-order valence-electron chi connectivity index (χ3n) is 3.80. The molecule has 0 fully saturated rings. The Balaban J connectivity index is 2.55. The standard InChI is InChI=1S/C17H22FN3O/c1-6-12-11-21(17(2,3)16(22)20(4)5)19-15(12)13-9-7-8-10-14(13)18/h7-11H,6H2,1-5H3. The number of aryl methyl sites for hydroxylation is 1. The number of carbonyl (C=O) groups excluding carboxylic acids is 1. The van der Waals surface area contributed by atoms with Gasteiger partial charge in [-0.25, -0.2) is 4.39 Å². The van der Waals surface area contributed by atoms with E-state index in [0.29, 0.717) is 11.3 Å². The first kappa shape index (κ1) is 16.2. The van der Waals surface area contributed by atoms with Gasteiger partial charge in [0.2, 0.25) is 5.91 Å². The van der Waals surface area contributed by atoms with Crippen LogP contribution in [0.2, 0.25) is 0 Å². The van der Waals surface area contributed by atoms with Crippen LogP contribution in [0.5, 0.6) is 0 Å². The van der Waals surface area contributed by atoms with Gasteiger partial charge in [-0.2, -0.15) is 5.10 Å². The van der Waals surface area contributed by atoms with Crippen LogP contribution in [-0.2, 0) is 16.8 Å². The highest BCUT2D eigenvalue weighted by Crippen LogP contribution is 2.28. The molecular formula is C17H22FN3O. The third kappa shape index (κ3) is 2.75. The summed E-state index contributed by atoms with van der Waals surface area (Å²) in [5.74, 6) is -0.364. The molecule has 1 aromatic heterocycles. The molecule has 2 aromatic rings. The van der Waals surface area contributed by atoms with Crippen molar-refractivity contribution in [3.8, 4) is 11.3 Å². The highest BCUT2D eigenvalue weighted by molar-refractivity contribution is 5.83. The van der Waals surface area contributed by atoms with Gasteiger partial charge in [0, 0.05) is 25.9 Å². The lowest BCUT2D eigenvalue weighted by Gasteiger charge is -2.27. The number of nitrogens with zero attached hydrogens (tertiary/aromatic N) is 3. The van der Waals surface area contributed by atoms with Gasteiger partial charge in [-0.1, -0.05) is 19.1 Å². The molecule has 0 saturated heterocycles. The average molecular weight is 303 g/mol. The maximum Gasteiger partial charge on any atom is 0.249 e. The fraction of sp³-hybridized carbons (Fsp3) is 0.412. The second-order valence-corrected chi connectivity index (χ2v) is 6.04. The van der Waals surface area contributed by atoms with E-state index in [9.17, 15) is 9.18 Å². The number of likely N-dealkylation sites (N-methyl/N-ethyl adjacent to an activating group) is 1. The van der Waals surface area contributed by atoms with E-state index in [1.54, 1.807) is 37.0 Å². The number of carbonyl (C=O) groups is 1. The number of halogens is 1. The van der Waals surface area contributed by atoms with E-state index >= 15 is 0 Å². The van der Waals surface area contributed by atoms with Gasteiger partial charge in [-0.3, -0.25) is 9.48 Å². The van der Waals surface area contributed by atoms with Gasteiger partial charge in [0.25, 0.3) is 0 Å². The minimum absolute atomic E-state index is 0.0577. The molecule has 0 aliphatic rings. The van der Waals surface area contributed by atoms with Crippen LogP contribution >= 0.6 is 0 Å². The Morgan fingerprint density at radius 3 is 2.50 bits per heavy atom. The molecule has 0 unspecified atom stereocenters. The number of hydrogen-bond acceptors (Lipinski definition) is 2. The number of hydrogen-bond donors (Lipinski definition) is 0. The van der Waals surface area contributed by atoms with Gasteiger partial charge in [0.15, 0.2) is 0 Å². The first-order chi connectivity index (χ1) is 10.3. The van der Waals surface area contributed by atoms with Crippen molar-refractivity contribution in [3.05, 3.63) is 41.8 Å². The summed E-state index contributed by atoms with van der Waals surface area (Å²) in [6, 6.07) is 6.57. The molecule has 1 aromatic carbocycles. The van der Waals surface area contributed by atoms with E-state index in [1.165, 1.54) is 11.0 Å². The van der Waals surface area contributed by atoms with Crippen molar-refractivity contribution in [2.45, 2.75) is 32.7 Å². The summed E-state index contributed by atoms with van der Waals surface area (Å²) in [6.07, 6.45) is 2.55. The molecule has 1 amide bonds. The van der Waals surface area contributed by atoms with E-state index in [1.807, 2.05) is 27.0 Å². The van der Waals surface area contributed by atoms with Crippen LogP contribution in [0.15, 0.2) is 30.5 Å². The molecule has 22 heavy (non-hydrogen) atoms. The van der Waals surface area contributed by atoms with Crippen LogP contribution in [0.1, 0.15) is 26.3 Å². The summed E-state index contributed by atoms with van der Waals surface area (Å²) < 4.78 is 15.7. The van der Waals surface area contributed by atoms with Gasteiger partial charge in [0.1, 0.15) is 11.4 Å². The fourth-order valence-electron chi connectivity index (χ4n) is 2.48. The van der Waals surface area contributed by atoms with E-state index < -0.39 is 5.54 Å². The summed E-state index contributed by atoms with van der Waals surface area (Å²) >= 11 is 0. The van der Waals surface area contributed by atoms with Crippen molar-refractivity contribution < 1.29 is 9.18 Å². The van der Waals surface area contributed by atoms with E-state index in [2.05, 4.69) is 5.10 Å². The molecule has 0 atom stereocenters. The Kier molecular flexibility index (Phi) is 4.35. The van der Waals surface area contributed by atoms with Gasteiger partial charge < -0.3 is 4.90 Å². The van der Waals surface area contributed by atoms with Crippen LogP contribution in [-0.4, -0.2) is 34.7 Å². The van der Waals surface area contributed by atoms with E-state index in [4.69, 9.17) is 0 Å². The number of amides is 1. The molecule has 0 aliphatic heterocycles. The smallest absolute Gasteiger partial charge is 0.249 e. The van der Waals surface area contributed by atoms with Crippen LogP contribution in [0.4, 0.5) is 4.39 Å². The van der Waals surface area contributed by atoms with Crippen molar-refractivity contribution in [2.75, 3.05) is 14.1 Å². The molecule has 2 rings (SSSR count). The molecular weight excluding hydrogens is 281 g/mol. The zero-order valence-corrected chi connectivity index (χ0v) is 13.7. The predicted molar refractivity (Wildman–Crippen MR) is 85.0 cm³/mol. The van der Waals surface area contributed by atoms with Gasteiger partial charge in [-0.05, 0) is 38.0 Å². The van der Waals surface area contributed by atoms with Gasteiger partial charge >= 0.3 is 0 Å². The first-order valence-electron chi connectivity index (χ1n) is 7.34. The van der Waals surface area contributed by atoms with E-state index in [0.717, 1.165) is 12.0 Å². The molecule has 1 heterocycles. The van der Waals surface area contributed by atoms with Gasteiger partial charge in [-0.15, -0.1) is 0 Å². The maximum atomic E-state index is 14.1. The lowest BCUT2D eigenvalue weighted by Crippen LogP contribution is -2.44. The average Bonchev–Trinajstić information content (AvgIpc) is 2.91. The molecule has 0 aliphatic carbocycles. The van der Waals surface area contributed by atoms with Crippen molar-refractivity contribution >= 4 is 5.91 Å². The SMILES string of the molecule is CCc1cn(C(C)(C)C(=O)N(C)C)nc1-c1ccccc1F. The summed E-state index contributed by atoms with van der Waals surface area (Å²) in [7, 11) is 3.43. The minimum atomic E-state index is -0.822. The molecule has 0 spiro atoms. The van der Waals surface area contributed by atoms with Crippen LogP contribution in [0, 0.1) is 5.82 Å². The van der Waals surface area contributed by atoms with Crippen LogP contribution < -0.4 is 0 Å². The molecule has 0 bridgehead atoms. The largest absolute Gasteiger partial charge is 0.347 e. The Bertz CT molecular complexity index is 689. The van der Waals surface area contributed by atoms with Gasteiger partial charge in [0.05, 0.1) is 5.69 Å². The fourth-order valence-corrected chi connectivity index (χ4v) is 2.48. The number of rotatable bonds is 4. The molecule has 0 radical (unpaired) electrons. The lowest BCUT2D eigenvalue weighted by molar-refractivity contribution is -0.137. The number of benzene rings is 1. The zero-order chi connectivity index (χ0) is 16.5. The molecule has 0 N–H and O–H groups in total. The Morgan fingerprint density at radius 1 is 1.32 bits per heavy atom. The second kappa shape index (κ2) is 5.91. The Labute approximate surface area is 130 Å². The summed E-state index contributed by atoms with van der Waals surface area (Å²) in [5, 5.41) is 4.52. The molecule has 4 nitrogen and oxygen atoms in total. The van der Waals surface area contributed by atoms with Crippen molar-refractivity contribution in [1.29, 1.82) is 0 Å². The quantitative estimate of drug-likeness (QED) is 0.870. The van der Waals surface area contributed by atoms with Crippen LogP contribution in [0.25, 0.3) is 11.3 Å². The summed E-state index contributed by atoms with van der Waals surface area (Å²) in [6.45, 7) is 5.62. The van der Waals surface area contributed by atoms with Crippen molar-refractivity contribution in [3.63, 3.8) is 0 Å². The summed E-state index contributed by atoms with van der Waals surface area (Å²) in [4.78, 5) is 13.9. The number of aromatic nitrogens is 2. The molecule has 5 heteroatoms. The van der Waals surface area contributed by atoms with Crippen molar-refractivity contribution in [2.24, 2.45) is 0 Å². The Hall–Kier alpha value is -2.17. The normalized spacial score (nSPS) is 11.5. The van der Waals surface area contributed by atoms with Crippen molar-refractivity contribution in [1.82, 2.24) is 14.7 Å². The Morgan fingerprint density at radius 2 is 1.95 bits per heavy atom. The molecule has 0 saturated carbocycles. The summed E-state index contributed by atoms with van der Waals surface area (Å²) in [5.41, 5.74) is 1.16. The zero-order valence-electron chi connectivity index (χ0n) is 13.7. The topological polar surface area (TPSA) is 38.1 Å².